The van der Waals surface area contributed by atoms with Crippen LogP contribution in [0.15, 0.2) is 18.2 Å². The van der Waals surface area contributed by atoms with Crippen molar-refractivity contribution in [1.29, 1.82) is 0 Å². The topological polar surface area (TPSA) is 191 Å². The Morgan fingerprint density at radius 3 is 2.33 bits per heavy atom. The summed E-state index contributed by atoms with van der Waals surface area (Å²) >= 11 is 0. The molecule has 0 saturated carbocycles. The van der Waals surface area contributed by atoms with Crippen molar-refractivity contribution in [2.24, 2.45) is 0 Å². The minimum absolute atomic E-state index is 0.0150. The van der Waals surface area contributed by atoms with Crippen LogP contribution in [0.5, 0.6) is 0 Å². The van der Waals surface area contributed by atoms with Gasteiger partial charge in [-0.25, -0.2) is 4.98 Å². The minimum Gasteiger partial charge on any atom is -0.481 e. The van der Waals surface area contributed by atoms with Crippen molar-refractivity contribution in [3.63, 3.8) is 0 Å². The predicted octanol–water partition coefficient (Wildman–Crippen LogP) is 5.05. The van der Waals surface area contributed by atoms with E-state index in [1.807, 2.05) is 39.0 Å². The number of aromatic amines is 2. The number of ether oxygens (including phenoxy) is 1. The highest BCUT2D eigenvalue weighted by atomic mass is 16.5. The van der Waals surface area contributed by atoms with Gasteiger partial charge in [-0.3, -0.25) is 19.4 Å². The van der Waals surface area contributed by atoms with Crippen molar-refractivity contribution in [3.05, 3.63) is 68.8 Å². The number of aliphatic hydroxyl groups excluding tert-OH is 2. The van der Waals surface area contributed by atoms with E-state index in [9.17, 15) is 29.7 Å². The molecule has 12 nitrogen and oxygen atoms in total. The van der Waals surface area contributed by atoms with Crippen LogP contribution in [0.3, 0.4) is 0 Å². The lowest BCUT2D eigenvalue weighted by Gasteiger charge is -2.18. The van der Waals surface area contributed by atoms with Gasteiger partial charge in [-0.1, -0.05) is 13.8 Å². The number of rotatable bonds is 10. The summed E-state index contributed by atoms with van der Waals surface area (Å²) in [7, 11) is 1.28. The van der Waals surface area contributed by atoms with Crippen molar-refractivity contribution < 1.29 is 34.4 Å². The van der Waals surface area contributed by atoms with E-state index in [1.165, 1.54) is 7.11 Å². The number of nitrogens with one attached hydrogen (secondary N) is 3. The Morgan fingerprint density at radius 2 is 1.69 bits per heavy atom. The van der Waals surface area contributed by atoms with E-state index in [2.05, 4.69) is 22.2 Å². The molecule has 6 N–H and O–H groups in total. The average Bonchev–Trinajstić information content (AvgIpc) is 3.74. The number of allylic oxidation sites excluding steroid dienone is 1. The summed E-state index contributed by atoms with van der Waals surface area (Å²) in [6.45, 7) is 11.3. The highest BCUT2D eigenvalue weighted by molar-refractivity contribution is 6.27. The second-order valence-electron chi connectivity index (χ2n) is 12.8. The number of carbonyl (C=O) groups excluding carboxylic acids is 2. The summed E-state index contributed by atoms with van der Waals surface area (Å²) in [5.74, 6) is -2.69. The minimum atomic E-state index is -0.964. The third-order valence-electron chi connectivity index (χ3n) is 9.79. The van der Waals surface area contributed by atoms with Crippen LogP contribution in [0.25, 0.3) is 33.2 Å². The quantitative estimate of drug-likeness (QED) is 0.160. The van der Waals surface area contributed by atoms with Crippen molar-refractivity contribution in [3.8, 4) is 0 Å². The molecule has 5 heterocycles. The first-order valence-electron chi connectivity index (χ1n) is 16.6. The number of hydrogen-bond acceptors (Lipinski definition) is 8. The molecule has 3 atom stereocenters. The molecule has 3 aromatic rings. The molecule has 0 fully saturated rings. The van der Waals surface area contributed by atoms with E-state index in [1.54, 1.807) is 13.8 Å². The molecule has 3 aromatic heterocycles. The van der Waals surface area contributed by atoms with Gasteiger partial charge in [0.25, 0.3) is 5.91 Å². The summed E-state index contributed by atoms with van der Waals surface area (Å²) < 4.78 is 5.11. The fourth-order valence-electron chi connectivity index (χ4n) is 7.14. The fourth-order valence-corrected chi connectivity index (χ4v) is 7.14. The van der Waals surface area contributed by atoms with Crippen LogP contribution in [0.2, 0.25) is 0 Å². The maximum atomic E-state index is 13.8. The number of aromatic nitrogens is 4. The number of aliphatic hydroxyl groups is 2. The molecule has 260 valence electrons. The maximum Gasteiger partial charge on any atom is 0.310 e. The largest absolute Gasteiger partial charge is 0.481 e. The second kappa shape index (κ2) is 14.4. The van der Waals surface area contributed by atoms with Crippen molar-refractivity contribution in [1.82, 2.24) is 25.3 Å². The van der Waals surface area contributed by atoms with Crippen LogP contribution in [0.1, 0.15) is 109 Å². The first kappa shape index (κ1) is 35.5. The van der Waals surface area contributed by atoms with Gasteiger partial charge in [0.1, 0.15) is 0 Å². The van der Waals surface area contributed by atoms with Gasteiger partial charge in [-0.15, -0.1) is 0 Å². The highest BCUT2D eigenvalue weighted by Crippen LogP contribution is 2.44. The fraction of sp³-hybridized carbons (Fsp3) is 0.432. The van der Waals surface area contributed by atoms with Gasteiger partial charge in [0.2, 0.25) is 0 Å². The number of aryl methyl sites for hydroxylation is 3. The summed E-state index contributed by atoms with van der Waals surface area (Å²) in [4.78, 5) is 55.7. The van der Waals surface area contributed by atoms with Crippen LogP contribution in [-0.4, -0.2) is 73.4 Å². The summed E-state index contributed by atoms with van der Waals surface area (Å²) in [6.07, 6.45) is -0.217. The van der Waals surface area contributed by atoms with E-state index >= 15 is 0 Å². The molecule has 5 rings (SSSR count). The number of carbonyl (C=O) groups is 3. The monoisotopic (exact) mass is 671 g/mol. The number of nitrogens with zero attached hydrogens (tertiary/aromatic N) is 2. The zero-order chi connectivity index (χ0) is 35.7. The lowest BCUT2D eigenvalue weighted by atomic mass is 9.84. The molecule has 2 aliphatic rings. The Morgan fingerprint density at radius 1 is 1.00 bits per heavy atom. The maximum absolute atomic E-state index is 13.8. The van der Waals surface area contributed by atoms with Crippen LogP contribution in [0.4, 0.5) is 0 Å². The molecule has 2 aliphatic heterocycles. The van der Waals surface area contributed by atoms with Crippen LogP contribution in [0, 0.1) is 13.8 Å². The van der Waals surface area contributed by atoms with E-state index in [-0.39, 0.29) is 49.6 Å². The first-order chi connectivity index (χ1) is 23.3. The molecule has 0 radical (unpaired) electrons. The Kier molecular flexibility index (Phi) is 10.4. The Balaban J connectivity index is 2.03. The van der Waals surface area contributed by atoms with Crippen molar-refractivity contribution in [2.75, 3.05) is 20.3 Å². The summed E-state index contributed by atoms with van der Waals surface area (Å²) in [5.41, 5.74) is 9.91. The smallest absolute Gasteiger partial charge is 0.310 e. The SMILES string of the molecule is CCc1c(C)c2cc3[nH]c(cc4nc(c(CC(=O)OC)c5nc(cc1[nH]2)C(C)=C5C(=O)NCCO)C(CCC(=O)O)C4C)c(C)c3C(C)O. The van der Waals surface area contributed by atoms with E-state index < -0.39 is 29.9 Å². The molecule has 8 bridgehead atoms. The zero-order valence-corrected chi connectivity index (χ0v) is 29.1. The van der Waals surface area contributed by atoms with Gasteiger partial charge in [-0.2, -0.15) is 0 Å². The normalized spacial score (nSPS) is 16.5. The van der Waals surface area contributed by atoms with Gasteiger partial charge in [-0.05, 0) is 81.0 Å². The molecular formula is C37H45N5O7. The molecule has 0 aliphatic carbocycles. The third kappa shape index (κ3) is 6.75. The molecule has 12 heteroatoms. The number of esters is 1. The third-order valence-corrected chi connectivity index (χ3v) is 9.79. The average molecular weight is 672 g/mol. The molecule has 3 unspecified atom stereocenters. The summed E-state index contributed by atoms with van der Waals surface area (Å²) in [6, 6.07) is 5.79. The molecular weight excluding hydrogens is 626 g/mol. The standard InChI is InChI=1S/C37H45N5O7/c1-8-22-17(2)25-16-30-33(21(6)44)19(4)27(40-30)14-26-18(3)23(9-10-31(45)46)35(41-26)24(13-32(47)49-7)36-34(37(48)38-11-12-43)20(5)28(42-36)15-29(22)39-25/h14-16,18,21,23,39-40,43-44H,8-13H2,1-7H3,(H,38,48)(H,45,46). The van der Waals surface area contributed by atoms with Gasteiger partial charge < -0.3 is 35.3 Å². The molecule has 1 amide bonds. The number of amides is 1. The lowest BCUT2D eigenvalue weighted by Crippen LogP contribution is -2.28. The second-order valence-corrected chi connectivity index (χ2v) is 12.8. The van der Waals surface area contributed by atoms with Crippen LogP contribution in [-0.2, 0) is 32.0 Å². The van der Waals surface area contributed by atoms with Crippen molar-refractivity contribution in [2.45, 2.75) is 85.2 Å². The molecule has 49 heavy (non-hydrogen) atoms. The number of fused-ring (bicyclic) bond motifs is 8. The number of methoxy groups -OCH3 is 1. The summed E-state index contributed by atoms with van der Waals surface area (Å²) in [5, 5.41) is 32.8. The number of carboxylic acids is 1. The predicted molar refractivity (Wildman–Crippen MR) is 187 cm³/mol. The van der Waals surface area contributed by atoms with Gasteiger partial charge in [0.15, 0.2) is 0 Å². The highest BCUT2D eigenvalue weighted by Gasteiger charge is 2.35. The molecule has 0 saturated heterocycles. The van der Waals surface area contributed by atoms with Crippen LogP contribution < -0.4 is 5.32 Å². The van der Waals surface area contributed by atoms with Gasteiger partial charge in [0, 0.05) is 63.7 Å². The van der Waals surface area contributed by atoms with E-state index in [4.69, 9.17) is 14.7 Å². The number of hydrogen-bond donors (Lipinski definition) is 6. The Bertz CT molecular complexity index is 2020. The Labute approximate surface area is 284 Å². The Hall–Kier alpha value is -4.81. The molecule has 0 aromatic carbocycles. The van der Waals surface area contributed by atoms with Gasteiger partial charge >= 0.3 is 11.9 Å². The lowest BCUT2D eigenvalue weighted by molar-refractivity contribution is -0.140. The molecule has 0 spiro atoms. The van der Waals surface area contributed by atoms with Gasteiger partial charge in [0.05, 0.1) is 48.9 Å². The number of aliphatic carboxylic acids is 1. The van der Waals surface area contributed by atoms with Crippen molar-refractivity contribution >= 4 is 51.1 Å². The number of carboxylic acid groups (broad SMARTS) is 1. The van der Waals surface area contributed by atoms with E-state index in [0.717, 1.165) is 44.3 Å². The zero-order valence-electron chi connectivity index (χ0n) is 29.1. The van der Waals surface area contributed by atoms with Crippen LogP contribution >= 0.6 is 0 Å². The first-order valence-corrected chi connectivity index (χ1v) is 16.6. The number of H-pyrrole nitrogens is 2. The van der Waals surface area contributed by atoms with E-state index in [0.29, 0.717) is 34.6 Å².